The third-order valence-electron chi connectivity index (χ3n) is 4.09. The Hall–Kier alpha value is -2.82. The molecule has 0 saturated carbocycles. The lowest BCUT2D eigenvalue weighted by molar-refractivity contribution is -0.120. The Bertz CT molecular complexity index is 740. The van der Waals surface area contributed by atoms with Crippen molar-refractivity contribution in [2.75, 3.05) is 19.5 Å². The lowest BCUT2D eigenvalue weighted by Gasteiger charge is -2.24. The van der Waals surface area contributed by atoms with Gasteiger partial charge in [-0.2, -0.15) is 0 Å². The van der Waals surface area contributed by atoms with Crippen LogP contribution in [0.2, 0.25) is 0 Å². The van der Waals surface area contributed by atoms with Crippen molar-refractivity contribution >= 4 is 17.5 Å². The van der Waals surface area contributed by atoms with Gasteiger partial charge in [0, 0.05) is 13.5 Å². The number of carbonyl (C=O) groups excluding carboxylic acids is 2. The van der Waals surface area contributed by atoms with E-state index in [1.165, 1.54) is 4.90 Å². The van der Waals surface area contributed by atoms with E-state index < -0.39 is 6.04 Å². The SMILES string of the molecule is COc1ccc(CC2C(=O)Nc3ccccc3C(=O)N2C)cc1. The zero-order valence-corrected chi connectivity index (χ0v) is 13.1. The first-order valence-corrected chi connectivity index (χ1v) is 7.40. The Labute approximate surface area is 134 Å². The van der Waals surface area contributed by atoms with Gasteiger partial charge in [0.2, 0.25) is 5.91 Å². The molecule has 1 N–H and O–H groups in total. The van der Waals surface area contributed by atoms with Crippen LogP contribution in [-0.2, 0) is 11.2 Å². The van der Waals surface area contributed by atoms with E-state index in [0.29, 0.717) is 17.7 Å². The number of anilines is 1. The summed E-state index contributed by atoms with van der Waals surface area (Å²) in [4.78, 5) is 26.6. The number of amides is 2. The summed E-state index contributed by atoms with van der Waals surface area (Å²) >= 11 is 0. The maximum atomic E-state index is 12.6. The number of hydrogen-bond acceptors (Lipinski definition) is 3. The zero-order chi connectivity index (χ0) is 16.4. The van der Waals surface area contributed by atoms with Crippen molar-refractivity contribution < 1.29 is 14.3 Å². The first-order chi connectivity index (χ1) is 11.1. The van der Waals surface area contributed by atoms with Gasteiger partial charge in [0.1, 0.15) is 11.8 Å². The number of carbonyl (C=O) groups is 2. The summed E-state index contributed by atoms with van der Waals surface area (Å²) in [7, 11) is 3.27. The van der Waals surface area contributed by atoms with Crippen molar-refractivity contribution in [1.82, 2.24) is 4.90 Å². The van der Waals surface area contributed by atoms with E-state index in [2.05, 4.69) is 5.32 Å². The minimum Gasteiger partial charge on any atom is -0.497 e. The predicted molar refractivity (Wildman–Crippen MR) is 87.7 cm³/mol. The number of ether oxygens (including phenoxy) is 1. The van der Waals surface area contributed by atoms with Gasteiger partial charge in [-0.25, -0.2) is 0 Å². The van der Waals surface area contributed by atoms with E-state index in [4.69, 9.17) is 4.74 Å². The number of nitrogens with zero attached hydrogens (tertiary/aromatic N) is 1. The molecule has 0 bridgehead atoms. The highest BCUT2D eigenvalue weighted by Crippen LogP contribution is 2.24. The molecule has 1 heterocycles. The van der Waals surface area contributed by atoms with Crippen molar-refractivity contribution in [3.63, 3.8) is 0 Å². The number of likely N-dealkylation sites (N-methyl/N-ethyl adjacent to an activating group) is 1. The van der Waals surface area contributed by atoms with Crippen LogP contribution in [-0.4, -0.2) is 36.9 Å². The average molecular weight is 310 g/mol. The van der Waals surface area contributed by atoms with Crippen molar-refractivity contribution in [3.8, 4) is 5.75 Å². The monoisotopic (exact) mass is 310 g/mol. The fourth-order valence-corrected chi connectivity index (χ4v) is 2.72. The summed E-state index contributed by atoms with van der Waals surface area (Å²) in [5, 5.41) is 2.85. The Morgan fingerprint density at radius 2 is 1.78 bits per heavy atom. The van der Waals surface area contributed by atoms with Gasteiger partial charge < -0.3 is 15.0 Å². The summed E-state index contributed by atoms with van der Waals surface area (Å²) in [5.74, 6) is 0.426. The van der Waals surface area contributed by atoms with E-state index in [-0.39, 0.29) is 11.8 Å². The molecule has 3 rings (SSSR count). The summed E-state index contributed by atoms with van der Waals surface area (Å²) in [6, 6.07) is 14.0. The Balaban J connectivity index is 1.87. The van der Waals surface area contributed by atoms with Crippen molar-refractivity contribution in [2.45, 2.75) is 12.5 Å². The number of para-hydroxylation sites is 1. The second-order valence-electron chi connectivity index (χ2n) is 5.52. The van der Waals surface area contributed by atoms with Gasteiger partial charge in [0.25, 0.3) is 5.91 Å². The van der Waals surface area contributed by atoms with Crippen LogP contribution in [0.3, 0.4) is 0 Å². The molecule has 1 atom stereocenters. The van der Waals surface area contributed by atoms with E-state index >= 15 is 0 Å². The quantitative estimate of drug-likeness (QED) is 0.946. The molecule has 1 aliphatic rings. The summed E-state index contributed by atoms with van der Waals surface area (Å²) in [5.41, 5.74) is 2.05. The van der Waals surface area contributed by atoms with Gasteiger partial charge in [0.15, 0.2) is 0 Å². The second kappa shape index (κ2) is 6.12. The number of nitrogens with one attached hydrogen (secondary N) is 1. The fraction of sp³-hybridized carbons (Fsp3) is 0.222. The van der Waals surface area contributed by atoms with Crippen molar-refractivity contribution in [3.05, 3.63) is 59.7 Å². The average Bonchev–Trinajstić information content (AvgIpc) is 2.66. The van der Waals surface area contributed by atoms with E-state index in [9.17, 15) is 9.59 Å². The lowest BCUT2D eigenvalue weighted by atomic mass is 10.0. The molecule has 2 amide bonds. The van der Waals surface area contributed by atoms with E-state index in [1.807, 2.05) is 24.3 Å². The van der Waals surface area contributed by atoms with E-state index in [0.717, 1.165) is 11.3 Å². The molecule has 23 heavy (non-hydrogen) atoms. The van der Waals surface area contributed by atoms with Gasteiger partial charge >= 0.3 is 0 Å². The Morgan fingerprint density at radius 3 is 2.48 bits per heavy atom. The Morgan fingerprint density at radius 1 is 1.09 bits per heavy atom. The molecule has 5 nitrogen and oxygen atoms in total. The van der Waals surface area contributed by atoms with Crippen LogP contribution in [0.4, 0.5) is 5.69 Å². The Kier molecular flexibility index (Phi) is 4.02. The molecule has 0 spiro atoms. The number of fused-ring (bicyclic) bond motifs is 1. The summed E-state index contributed by atoms with van der Waals surface area (Å²) < 4.78 is 5.14. The first kappa shape index (κ1) is 15.1. The molecule has 5 heteroatoms. The number of methoxy groups -OCH3 is 1. The molecular formula is C18H18N2O3. The lowest BCUT2D eigenvalue weighted by Crippen LogP contribution is -2.44. The van der Waals surface area contributed by atoms with Gasteiger partial charge in [-0.15, -0.1) is 0 Å². The molecule has 0 fully saturated rings. The van der Waals surface area contributed by atoms with Crippen LogP contribution in [0.25, 0.3) is 0 Å². The molecule has 0 radical (unpaired) electrons. The van der Waals surface area contributed by atoms with Crippen LogP contribution in [0.15, 0.2) is 48.5 Å². The molecule has 2 aromatic carbocycles. The first-order valence-electron chi connectivity index (χ1n) is 7.40. The third kappa shape index (κ3) is 2.90. The van der Waals surface area contributed by atoms with Gasteiger partial charge in [0.05, 0.1) is 18.4 Å². The minimum absolute atomic E-state index is 0.155. The second-order valence-corrected chi connectivity index (χ2v) is 5.52. The third-order valence-corrected chi connectivity index (χ3v) is 4.09. The van der Waals surface area contributed by atoms with Crippen molar-refractivity contribution in [1.29, 1.82) is 0 Å². The highest BCUT2D eigenvalue weighted by molar-refractivity contribution is 6.09. The molecule has 1 unspecified atom stereocenters. The minimum atomic E-state index is -0.553. The predicted octanol–water partition coefficient (Wildman–Crippen LogP) is 2.33. The largest absolute Gasteiger partial charge is 0.497 e. The van der Waals surface area contributed by atoms with Gasteiger partial charge in [-0.05, 0) is 29.8 Å². The van der Waals surface area contributed by atoms with Crippen LogP contribution in [0.5, 0.6) is 5.75 Å². The van der Waals surface area contributed by atoms with Crippen molar-refractivity contribution in [2.24, 2.45) is 0 Å². The van der Waals surface area contributed by atoms with Crippen LogP contribution in [0.1, 0.15) is 15.9 Å². The molecule has 1 aliphatic heterocycles. The number of rotatable bonds is 3. The molecule has 0 aliphatic carbocycles. The fourth-order valence-electron chi connectivity index (χ4n) is 2.72. The smallest absolute Gasteiger partial charge is 0.256 e. The van der Waals surface area contributed by atoms with Gasteiger partial charge in [-0.1, -0.05) is 24.3 Å². The highest BCUT2D eigenvalue weighted by atomic mass is 16.5. The van der Waals surface area contributed by atoms with Crippen LogP contribution >= 0.6 is 0 Å². The zero-order valence-electron chi connectivity index (χ0n) is 13.1. The van der Waals surface area contributed by atoms with Gasteiger partial charge in [-0.3, -0.25) is 9.59 Å². The highest BCUT2D eigenvalue weighted by Gasteiger charge is 2.32. The molecule has 118 valence electrons. The number of benzene rings is 2. The topological polar surface area (TPSA) is 58.6 Å². The number of hydrogen-bond donors (Lipinski definition) is 1. The summed E-state index contributed by atoms with van der Waals surface area (Å²) in [6.07, 6.45) is 0.450. The molecule has 2 aromatic rings. The molecule has 0 aromatic heterocycles. The maximum absolute atomic E-state index is 12.6. The molecular weight excluding hydrogens is 292 g/mol. The van der Waals surface area contributed by atoms with E-state index in [1.54, 1.807) is 38.4 Å². The maximum Gasteiger partial charge on any atom is 0.256 e. The summed E-state index contributed by atoms with van der Waals surface area (Å²) in [6.45, 7) is 0. The standard InChI is InChI=1S/C18H18N2O3/c1-20-16(11-12-7-9-13(23-2)10-8-12)17(21)19-15-6-4-3-5-14(15)18(20)22/h3-10,16H,11H2,1-2H3,(H,19,21). The normalized spacial score (nSPS) is 17.3. The molecule has 0 saturated heterocycles. The van der Waals surface area contributed by atoms with Crippen LogP contribution in [0, 0.1) is 0 Å². The van der Waals surface area contributed by atoms with Crippen LogP contribution < -0.4 is 10.1 Å².